The van der Waals surface area contributed by atoms with Gasteiger partial charge in [0, 0.05) is 21.4 Å². The molecule has 2 N–H and O–H groups in total. The number of hydrogen-bond donors (Lipinski definition) is 2. The van der Waals surface area contributed by atoms with E-state index in [1.54, 1.807) is 79.7 Å². The number of halogens is 2. The van der Waals surface area contributed by atoms with Crippen molar-refractivity contribution in [1.82, 2.24) is 0 Å². The molecule has 0 unspecified atom stereocenters. The van der Waals surface area contributed by atoms with Crippen LogP contribution in [0.3, 0.4) is 0 Å². The second kappa shape index (κ2) is 8.69. The molecule has 3 aromatic rings. The van der Waals surface area contributed by atoms with Crippen molar-refractivity contribution in [2.75, 3.05) is 10.6 Å². The lowest BCUT2D eigenvalue weighted by atomic mass is 10.2. The zero-order chi connectivity index (χ0) is 20.1. The third-order valence-electron chi connectivity index (χ3n) is 3.92. The van der Waals surface area contributed by atoms with E-state index in [4.69, 9.17) is 23.2 Å². The number of benzene rings is 3. The first-order valence-corrected chi connectivity index (χ1v) is 10.7. The van der Waals surface area contributed by atoms with Gasteiger partial charge in [-0.1, -0.05) is 41.4 Å². The Balaban J connectivity index is 1.98. The number of rotatable bonds is 6. The molecule has 0 saturated heterocycles. The van der Waals surface area contributed by atoms with Crippen LogP contribution in [0.25, 0.3) is 0 Å². The van der Waals surface area contributed by atoms with Crippen LogP contribution in [0.2, 0.25) is 10.0 Å². The molecule has 0 aromatic heterocycles. The minimum Gasteiger partial charge on any atom is -0.341 e. The Bertz CT molecular complexity index is 1040. The maximum atomic E-state index is 13.0. The third-order valence-corrected chi connectivity index (χ3v) is 6.04. The molecule has 3 aromatic carbocycles. The smallest absolute Gasteiger partial charge is 0.203 e. The van der Waals surface area contributed by atoms with Crippen LogP contribution >= 0.6 is 23.2 Å². The molecule has 0 spiro atoms. The van der Waals surface area contributed by atoms with Gasteiger partial charge in [0.1, 0.15) is 5.82 Å². The van der Waals surface area contributed by atoms with Crippen molar-refractivity contribution in [3.05, 3.63) is 99.6 Å². The van der Waals surface area contributed by atoms with Crippen LogP contribution in [0, 0.1) is 6.92 Å². The maximum absolute atomic E-state index is 13.0. The zero-order valence-electron chi connectivity index (χ0n) is 15.0. The largest absolute Gasteiger partial charge is 0.341 e. The van der Waals surface area contributed by atoms with E-state index < -0.39 is 9.84 Å². The molecule has 0 aliphatic rings. The Morgan fingerprint density at radius 3 is 1.71 bits per heavy atom. The topological polar surface area (TPSA) is 58.2 Å². The average Bonchev–Trinajstić information content (AvgIpc) is 2.65. The molecule has 4 nitrogen and oxygen atoms in total. The highest BCUT2D eigenvalue weighted by Gasteiger charge is 2.16. The summed E-state index contributed by atoms with van der Waals surface area (Å²) in [4.78, 5) is 0.253. The van der Waals surface area contributed by atoms with E-state index in [0.29, 0.717) is 32.8 Å². The van der Waals surface area contributed by atoms with E-state index in [2.05, 4.69) is 10.6 Å². The standard InChI is InChI=1S/C21H18Cl2N2O2S/c1-15-4-2-3-5-20(15)28(26,27)14-21(24-18-10-6-16(22)7-11-18)25-19-12-8-17(23)9-13-19/h2-14,24-25H,1H3. The predicted molar refractivity (Wildman–Crippen MR) is 117 cm³/mol. The minimum absolute atomic E-state index is 0.253. The van der Waals surface area contributed by atoms with E-state index >= 15 is 0 Å². The molecule has 3 rings (SSSR count). The van der Waals surface area contributed by atoms with Gasteiger partial charge in [0.05, 0.1) is 10.3 Å². The van der Waals surface area contributed by atoms with Crippen LogP contribution < -0.4 is 10.6 Å². The fourth-order valence-electron chi connectivity index (χ4n) is 2.56. The maximum Gasteiger partial charge on any atom is 0.203 e. The van der Waals surface area contributed by atoms with Gasteiger partial charge in [-0.25, -0.2) is 8.42 Å². The van der Waals surface area contributed by atoms with Crippen LogP contribution in [0.5, 0.6) is 0 Å². The van der Waals surface area contributed by atoms with E-state index in [-0.39, 0.29) is 4.90 Å². The first-order valence-electron chi connectivity index (χ1n) is 8.41. The second-order valence-electron chi connectivity index (χ2n) is 6.11. The first-order chi connectivity index (χ1) is 13.3. The molecule has 144 valence electrons. The van der Waals surface area contributed by atoms with Gasteiger partial charge in [-0.3, -0.25) is 0 Å². The molecule has 0 amide bonds. The Kier molecular flexibility index (Phi) is 6.29. The summed E-state index contributed by atoms with van der Waals surface area (Å²) in [5.41, 5.74) is 2.06. The highest BCUT2D eigenvalue weighted by atomic mass is 35.5. The van der Waals surface area contributed by atoms with Gasteiger partial charge in [0.25, 0.3) is 0 Å². The molecule has 0 atom stereocenters. The van der Waals surface area contributed by atoms with Crippen LogP contribution in [-0.4, -0.2) is 8.42 Å². The highest BCUT2D eigenvalue weighted by Crippen LogP contribution is 2.22. The van der Waals surface area contributed by atoms with Crippen molar-refractivity contribution in [2.45, 2.75) is 11.8 Å². The monoisotopic (exact) mass is 432 g/mol. The lowest BCUT2D eigenvalue weighted by Crippen LogP contribution is -2.13. The summed E-state index contributed by atoms with van der Waals surface area (Å²) in [6, 6.07) is 20.8. The number of anilines is 2. The van der Waals surface area contributed by atoms with Crippen LogP contribution in [0.1, 0.15) is 5.56 Å². The van der Waals surface area contributed by atoms with E-state index in [1.165, 1.54) is 5.41 Å². The van der Waals surface area contributed by atoms with E-state index in [9.17, 15) is 8.42 Å². The van der Waals surface area contributed by atoms with E-state index in [1.807, 2.05) is 0 Å². The van der Waals surface area contributed by atoms with Crippen molar-refractivity contribution in [1.29, 1.82) is 0 Å². The third kappa shape index (κ3) is 5.29. The van der Waals surface area contributed by atoms with E-state index in [0.717, 1.165) is 0 Å². The Morgan fingerprint density at radius 2 is 1.25 bits per heavy atom. The van der Waals surface area contributed by atoms with Crippen molar-refractivity contribution in [2.24, 2.45) is 0 Å². The fourth-order valence-corrected chi connectivity index (χ4v) is 4.15. The molecule has 0 heterocycles. The number of hydrogen-bond acceptors (Lipinski definition) is 4. The predicted octanol–water partition coefficient (Wildman–Crippen LogP) is 6.10. The van der Waals surface area contributed by atoms with Gasteiger partial charge in [-0.2, -0.15) is 0 Å². The summed E-state index contributed by atoms with van der Waals surface area (Å²) < 4.78 is 25.9. The molecule has 0 saturated carbocycles. The molecular weight excluding hydrogens is 415 g/mol. The summed E-state index contributed by atoms with van der Waals surface area (Å²) in [5, 5.41) is 8.55. The molecule has 0 radical (unpaired) electrons. The lowest BCUT2D eigenvalue weighted by Gasteiger charge is -2.15. The summed E-state index contributed by atoms with van der Waals surface area (Å²) in [6.07, 6.45) is 0. The number of nitrogens with one attached hydrogen (secondary N) is 2. The Morgan fingerprint density at radius 1 is 0.786 bits per heavy atom. The summed E-state index contributed by atoms with van der Waals surface area (Å²) in [5.74, 6) is 0.299. The quantitative estimate of drug-likeness (QED) is 0.493. The van der Waals surface area contributed by atoms with Crippen LogP contribution in [0.15, 0.2) is 88.9 Å². The molecule has 0 aliphatic carbocycles. The average molecular weight is 433 g/mol. The minimum atomic E-state index is -3.69. The zero-order valence-corrected chi connectivity index (χ0v) is 17.3. The van der Waals surface area contributed by atoms with Gasteiger partial charge >= 0.3 is 0 Å². The van der Waals surface area contributed by atoms with Gasteiger partial charge < -0.3 is 10.6 Å². The van der Waals surface area contributed by atoms with Gasteiger partial charge in [-0.05, 0) is 67.1 Å². The first kappa shape index (κ1) is 20.3. The van der Waals surface area contributed by atoms with Crippen molar-refractivity contribution in [3.63, 3.8) is 0 Å². The SMILES string of the molecule is Cc1ccccc1S(=O)(=O)C=C(Nc1ccc(Cl)cc1)Nc1ccc(Cl)cc1. The van der Waals surface area contributed by atoms with Crippen molar-refractivity contribution in [3.8, 4) is 0 Å². The Hall–Kier alpha value is -2.47. The van der Waals surface area contributed by atoms with Crippen molar-refractivity contribution < 1.29 is 8.42 Å². The molecule has 0 fully saturated rings. The highest BCUT2D eigenvalue weighted by molar-refractivity contribution is 7.94. The molecule has 0 aliphatic heterocycles. The van der Waals surface area contributed by atoms with Gasteiger partial charge in [0.2, 0.25) is 9.84 Å². The summed E-state index contributed by atoms with van der Waals surface area (Å²) in [6.45, 7) is 1.76. The summed E-state index contributed by atoms with van der Waals surface area (Å²) >= 11 is 11.9. The van der Waals surface area contributed by atoms with Crippen molar-refractivity contribution >= 4 is 44.4 Å². The van der Waals surface area contributed by atoms with Gasteiger partial charge in [-0.15, -0.1) is 0 Å². The number of sulfone groups is 1. The van der Waals surface area contributed by atoms with Gasteiger partial charge in [0.15, 0.2) is 0 Å². The number of aryl methyl sites for hydroxylation is 1. The second-order valence-corrected chi connectivity index (χ2v) is 8.74. The van der Waals surface area contributed by atoms with Crippen LogP contribution in [0.4, 0.5) is 11.4 Å². The molecule has 0 bridgehead atoms. The lowest BCUT2D eigenvalue weighted by molar-refractivity contribution is 0.604. The molecule has 28 heavy (non-hydrogen) atoms. The normalized spacial score (nSPS) is 11.0. The Labute approximate surface area is 174 Å². The fraction of sp³-hybridized carbons (Fsp3) is 0.0476. The molecule has 7 heteroatoms. The summed E-state index contributed by atoms with van der Waals surface area (Å²) in [7, 11) is -3.69. The van der Waals surface area contributed by atoms with Crippen LogP contribution in [-0.2, 0) is 9.84 Å². The molecular formula is C21H18Cl2N2O2S.